The molecule has 0 saturated heterocycles. The minimum Gasteiger partial charge on any atom is -0.380 e. The van der Waals surface area contributed by atoms with Crippen molar-refractivity contribution in [1.82, 2.24) is 10.3 Å². The third kappa shape index (κ3) is 4.47. The average Bonchev–Trinajstić information content (AvgIpc) is 2.95. The lowest BCUT2D eigenvalue weighted by molar-refractivity contribution is 0.126. The average molecular weight is 247 g/mol. The molecule has 3 nitrogen and oxygen atoms in total. The van der Waals surface area contributed by atoms with E-state index in [4.69, 9.17) is 16.3 Å². The van der Waals surface area contributed by atoms with Crippen molar-refractivity contribution < 1.29 is 4.74 Å². The molecular weight excluding hydrogens is 232 g/mol. The van der Waals surface area contributed by atoms with Gasteiger partial charge in [0.15, 0.2) is 0 Å². The van der Waals surface area contributed by atoms with Gasteiger partial charge in [-0.25, -0.2) is 4.98 Å². The Hall–Kier alpha value is -0.160. The lowest BCUT2D eigenvalue weighted by Crippen LogP contribution is -2.19. The summed E-state index contributed by atoms with van der Waals surface area (Å²) in [7, 11) is 0. The number of hydrogen-bond donors (Lipinski definition) is 1. The summed E-state index contributed by atoms with van der Waals surface area (Å²) in [6.45, 7) is 3.38. The highest BCUT2D eigenvalue weighted by Crippen LogP contribution is 2.28. The van der Waals surface area contributed by atoms with Gasteiger partial charge < -0.3 is 10.1 Å². The van der Waals surface area contributed by atoms with Crippen molar-refractivity contribution in [2.75, 3.05) is 19.8 Å². The van der Waals surface area contributed by atoms with Crippen LogP contribution in [0.3, 0.4) is 0 Å². The first-order valence-electron chi connectivity index (χ1n) is 5.23. The van der Waals surface area contributed by atoms with Gasteiger partial charge >= 0.3 is 0 Å². The summed E-state index contributed by atoms with van der Waals surface area (Å²) in [5.74, 6) is 0.850. The molecule has 1 saturated carbocycles. The molecule has 84 valence electrons. The van der Waals surface area contributed by atoms with Gasteiger partial charge in [0.05, 0.1) is 12.8 Å². The van der Waals surface area contributed by atoms with Gasteiger partial charge in [-0.2, -0.15) is 0 Å². The third-order valence-corrected chi connectivity index (χ3v) is 3.39. The van der Waals surface area contributed by atoms with Crippen LogP contribution in [0, 0.1) is 5.92 Å². The van der Waals surface area contributed by atoms with E-state index in [1.165, 1.54) is 24.2 Å². The number of halogens is 1. The van der Waals surface area contributed by atoms with E-state index in [1.807, 2.05) is 0 Å². The Morgan fingerprint density at radius 2 is 2.47 bits per heavy atom. The largest absolute Gasteiger partial charge is 0.380 e. The Balaban J connectivity index is 1.47. The molecule has 0 atom stereocenters. The van der Waals surface area contributed by atoms with Gasteiger partial charge in [-0.3, -0.25) is 0 Å². The first kappa shape index (κ1) is 11.3. The summed E-state index contributed by atoms with van der Waals surface area (Å²) in [4.78, 5) is 4.16. The molecule has 0 unspecified atom stereocenters. The van der Waals surface area contributed by atoms with E-state index in [9.17, 15) is 0 Å². The Morgan fingerprint density at radius 1 is 1.60 bits per heavy atom. The number of hydrogen-bond acceptors (Lipinski definition) is 4. The van der Waals surface area contributed by atoms with Crippen LogP contribution < -0.4 is 5.32 Å². The molecule has 2 rings (SSSR count). The number of ether oxygens (including phenoxy) is 1. The molecule has 5 heteroatoms. The minimum atomic E-state index is 0.747. The normalized spacial score (nSPS) is 15.8. The van der Waals surface area contributed by atoms with Crippen LogP contribution >= 0.6 is 22.9 Å². The van der Waals surface area contributed by atoms with Gasteiger partial charge in [0.25, 0.3) is 0 Å². The molecule has 1 N–H and O–H groups in total. The van der Waals surface area contributed by atoms with E-state index >= 15 is 0 Å². The van der Waals surface area contributed by atoms with Gasteiger partial charge in [0, 0.05) is 19.7 Å². The van der Waals surface area contributed by atoms with Crippen LogP contribution in [-0.4, -0.2) is 24.7 Å². The molecule has 1 aliphatic carbocycles. The van der Waals surface area contributed by atoms with Gasteiger partial charge in [0.1, 0.15) is 9.34 Å². The molecule has 1 aromatic rings. The first-order valence-corrected chi connectivity index (χ1v) is 6.42. The minimum absolute atomic E-state index is 0.747. The zero-order valence-electron chi connectivity index (χ0n) is 8.54. The third-order valence-electron chi connectivity index (χ3n) is 2.28. The molecule has 0 aromatic carbocycles. The molecule has 0 bridgehead atoms. The van der Waals surface area contributed by atoms with Crippen molar-refractivity contribution in [1.29, 1.82) is 0 Å². The number of nitrogens with zero attached hydrogens (tertiary/aromatic N) is 1. The van der Waals surface area contributed by atoms with Crippen LogP contribution in [0.4, 0.5) is 0 Å². The molecule has 0 amide bonds. The Morgan fingerprint density at radius 3 is 3.13 bits per heavy atom. The summed E-state index contributed by atoms with van der Waals surface area (Å²) in [5.41, 5.74) is 0. The van der Waals surface area contributed by atoms with Crippen molar-refractivity contribution >= 4 is 22.9 Å². The summed E-state index contributed by atoms with van der Waals surface area (Å²) in [5, 5.41) is 4.30. The summed E-state index contributed by atoms with van der Waals surface area (Å²) < 4.78 is 6.24. The molecule has 1 aliphatic rings. The fourth-order valence-corrected chi connectivity index (χ4v) is 2.17. The zero-order valence-corrected chi connectivity index (χ0v) is 10.1. The topological polar surface area (TPSA) is 34.2 Å². The quantitative estimate of drug-likeness (QED) is 0.750. The molecule has 15 heavy (non-hydrogen) atoms. The fourth-order valence-electron chi connectivity index (χ4n) is 1.24. The Labute approximate surface area is 98.8 Å². The summed E-state index contributed by atoms with van der Waals surface area (Å²) >= 11 is 7.29. The highest BCUT2D eigenvalue weighted by molar-refractivity contribution is 7.15. The molecule has 1 fully saturated rings. The van der Waals surface area contributed by atoms with Crippen LogP contribution in [0.25, 0.3) is 0 Å². The standard InChI is InChI=1S/C10H15ClN2OS/c11-9-5-13-10(15-9)6-12-3-4-14-7-8-1-2-8/h5,8,12H,1-4,6-7H2. The van der Waals surface area contributed by atoms with Crippen molar-refractivity contribution in [3.63, 3.8) is 0 Å². The molecule has 1 aromatic heterocycles. The van der Waals surface area contributed by atoms with Gasteiger partial charge in [0.2, 0.25) is 0 Å². The second kappa shape index (κ2) is 5.80. The zero-order chi connectivity index (χ0) is 10.5. The maximum atomic E-state index is 5.77. The van der Waals surface area contributed by atoms with E-state index in [0.29, 0.717) is 0 Å². The van der Waals surface area contributed by atoms with Crippen molar-refractivity contribution in [3.05, 3.63) is 15.5 Å². The number of rotatable bonds is 7. The molecule has 0 spiro atoms. The smallest absolute Gasteiger partial charge is 0.113 e. The molecular formula is C10H15ClN2OS. The highest BCUT2D eigenvalue weighted by Gasteiger charge is 2.20. The van der Waals surface area contributed by atoms with Gasteiger partial charge in [-0.1, -0.05) is 11.6 Å². The molecule has 0 aliphatic heterocycles. The van der Waals surface area contributed by atoms with Crippen molar-refractivity contribution in [2.45, 2.75) is 19.4 Å². The van der Waals surface area contributed by atoms with E-state index in [-0.39, 0.29) is 0 Å². The van der Waals surface area contributed by atoms with E-state index in [0.717, 1.165) is 41.6 Å². The molecule has 1 heterocycles. The van der Waals surface area contributed by atoms with Gasteiger partial charge in [-0.15, -0.1) is 11.3 Å². The maximum absolute atomic E-state index is 5.77. The Kier molecular flexibility index (Phi) is 4.38. The Bertz CT molecular complexity index is 301. The lowest BCUT2D eigenvalue weighted by atomic mass is 10.5. The highest BCUT2D eigenvalue weighted by atomic mass is 35.5. The van der Waals surface area contributed by atoms with E-state index < -0.39 is 0 Å². The predicted molar refractivity (Wildman–Crippen MR) is 62.4 cm³/mol. The van der Waals surface area contributed by atoms with E-state index in [1.54, 1.807) is 6.20 Å². The number of thiazole rings is 1. The lowest BCUT2D eigenvalue weighted by Gasteiger charge is -2.03. The summed E-state index contributed by atoms with van der Waals surface area (Å²) in [6.07, 6.45) is 4.39. The second-order valence-electron chi connectivity index (χ2n) is 3.75. The second-order valence-corrected chi connectivity index (χ2v) is 5.50. The van der Waals surface area contributed by atoms with Crippen LogP contribution in [0.2, 0.25) is 4.34 Å². The monoisotopic (exact) mass is 246 g/mol. The van der Waals surface area contributed by atoms with Crippen LogP contribution in [0.15, 0.2) is 6.20 Å². The van der Waals surface area contributed by atoms with Crippen LogP contribution in [0.1, 0.15) is 17.8 Å². The predicted octanol–water partition coefficient (Wildman–Crippen LogP) is 2.31. The van der Waals surface area contributed by atoms with Crippen molar-refractivity contribution in [2.24, 2.45) is 5.92 Å². The van der Waals surface area contributed by atoms with Crippen molar-refractivity contribution in [3.8, 4) is 0 Å². The maximum Gasteiger partial charge on any atom is 0.113 e. The fraction of sp³-hybridized carbons (Fsp3) is 0.700. The number of aromatic nitrogens is 1. The molecule has 0 radical (unpaired) electrons. The van der Waals surface area contributed by atoms with Crippen LogP contribution in [0.5, 0.6) is 0 Å². The van der Waals surface area contributed by atoms with Gasteiger partial charge in [-0.05, 0) is 18.8 Å². The van der Waals surface area contributed by atoms with E-state index in [2.05, 4.69) is 10.3 Å². The first-order chi connectivity index (χ1) is 7.34. The SMILES string of the molecule is Clc1cnc(CNCCOCC2CC2)s1. The number of nitrogens with one attached hydrogen (secondary N) is 1. The summed E-state index contributed by atoms with van der Waals surface area (Å²) in [6, 6.07) is 0. The van der Waals surface area contributed by atoms with Crippen LogP contribution in [-0.2, 0) is 11.3 Å².